The maximum Gasteiger partial charge on any atom is 0.492 e. The summed E-state index contributed by atoms with van der Waals surface area (Å²) in [6.07, 6.45) is -4.95. The van der Waals surface area contributed by atoms with E-state index in [9.17, 15) is 31.2 Å². The predicted octanol–water partition coefficient (Wildman–Crippen LogP) is 3.87. The Morgan fingerprint density at radius 2 is 1.71 bits per heavy atom. The summed E-state index contributed by atoms with van der Waals surface area (Å²) in [5.74, 6) is -2.70. The van der Waals surface area contributed by atoms with Crippen molar-refractivity contribution < 1.29 is 36.0 Å². The van der Waals surface area contributed by atoms with Crippen LogP contribution in [0.5, 0.6) is 0 Å². The first-order valence-corrected chi connectivity index (χ1v) is 13.9. The van der Waals surface area contributed by atoms with E-state index in [4.69, 9.17) is 5.14 Å². The Labute approximate surface area is 232 Å². The van der Waals surface area contributed by atoms with E-state index < -0.39 is 27.6 Å². The van der Waals surface area contributed by atoms with Crippen LogP contribution in [0.25, 0.3) is 22.2 Å². The summed E-state index contributed by atoms with van der Waals surface area (Å²) in [6.45, 7) is -0.176. The lowest BCUT2D eigenvalue weighted by Crippen LogP contribution is -2.50. The number of piperidine rings is 1. The number of aromatic amines is 1. The number of primary sulfonamides is 1. The van der Waals surface area contributed by atoms with Crippen molar-refractivity contribution in [1.82, 2.24) is 15.3 Å². The Hall–Kier alpha value is -4.27. The van der Waals surface area contributed by atoms with Crippen molar-refractivity contribution in [2.75, 3.05) is 18.4 Å². The number of carbonyl (C=O) groups excluding carboxylic acids is 2. The minimum Gasteiger partial charge on any atom is -0.361 e. The van der Waals surface area contributed by atoms with Crippen molar-refractivity contribution in [3.63, 3.8) is 0 Å². The quantitative estimate of drug-likeness (QED) is 0.310. The molecule has 0 atom stereocenters. The maximum atomic E-state index is 13.8. The Kier molecular flexibility index (Phi) is 7.32. The van der Waals surface area contributed by atoms with Crippen LogP contribution in [0.2, 0.25) is 0 Å². The second-order valence-corrected chi connectivity index (χ2v) is 11.2. The maximum absolute atomic E-state index is 13.8. The average Bonchev–Trinajstić information content (AvgIpc) is 3.36. The van der Waals surface area contributed by atoms with Gasteiger partial charge in [0.2, 0.25) is 15.9 Å². The molecule has 0 saturated carbocycles. The average molecular weight is 588 g/mol. The van der Waals surface area contributed by atoms with E-state index in [2.05, 4.69) is 20.4 Å². The van der Waals surface area contributed by atoms with Crippen molar-refractivity contribution in [3.8, 4) is 11.3 Å². The molecule has 1 aliphatic heterocycles. The van der Waals surface area contributed by atoms with Gasteiger partial charge in [0.25, 0.3) is 0 Å². The number of alkyl halides is 3. The van der Waals surface area contributed by atoms with Gasteiger partial charge in [0.15, 0.2) is 0 Å². The second kappa shape index (κ2) is 10.6. The van der Waals surface area contributed by atoms with Crippen LogP contribution in [-0.2, 0) is 29.9 Å². The molecule has 0 bridgehead atoms. The number of hydroxylamine groups is 2. The number of halogens is 3. The van der Waals surface area contributed by atoms with Gasteiger partial charge in [-0.2, -0.15) is 18.3 Å². The van der Waals surface area contributed by atoms with E-state index in [1.165, 1.54) is 12.1 Å². The molecule has 3 aromatic carbocycles. The Morgan fingerprint density at radius 1 is 1.00 bits per heavy atom. The highest BCUT2D eigenvalue weighted by molar-refractivity contribution is 7.89. The van der Waals surface area contributed by atoms with E-state index in [1.54, 1.807) is 60.7 Å². The summed E-state index contributed by atoms with van der Waals surface area (Å²) in [6, 6.07) is 19.9. The van der Waals surface area contributed by atoms with Gasteiger partial charge in [-0.3, -0.25) is 9.89 Å². The van der Waals surface area contributed by atoms with Gasteiger partial charge in [0, 0.05) is 29.7 Å². The Balaban J connectivity index is 1.42. The number of fused-ring (bicyclic) bond motifs is 1. The van der Waals surface area contributed by atoms with Gasteiger partial charge in [-0.25, -0.2) is 18.4 Å². The smallest absolute Gasteiger partial charge is 0.361 e. The SMILES string of the molecule is NS(=O)(=O)c1cccc(-c2n[nH]c3ccc(NC(=O)C4(c5ccccc5)CCN(OC(=O)C(F)(F)F)CC4)cc23)c1. The number of amides is 1. The predicted molar refractivity (Wildman–Crippen MR) is 143 cm³/mol. The topological polar surface area (TPSA) is 147 Å². The first kappa shape index (κ1) is 28.3. The van der Waals surface area contributed by atoms with Crippen LogP contribution in [0.4, 0.5) is 18.9 Å². The molecule has 0 unspecified atom stereocenters. The van der Waals surface area contributed by atoms with Gasteiger partial charge in [-0.05, 0) is 48.7 Å². The number of H-pyrrole nitrogens is 1. The molecule has 41 heavy (non-hydrogen) atoms. The summed E-state index contributed by atoms with van der Waals surface area (Å²) >= 11 is 0. The molecule has 4 aromatic rings. The minimum atomic E-state index is -5.13. The zero-order valence-electron chi connectivity index (χ0n) is 21.3. The first-order chi connectivity index (χ1) is 19.4. The van der Waals surface area contributed by atoms with Gasteiger partial charge in [-0.15, -0.1) is 5.06 Å². The molecule has 14 heteroatoms. The summed E-state index contributed by atoms with van der Waals surface area (Å²) in [7, 11) is -3.94. The van der Waals surface area contributed by atoms with Crippen molar-refractivity contribution in [3.05, 3.63) is 78.4 Å². The highest BCUT2D eigenvalue weighted by Gasteiger charge is 2.46. The van der Waals surface area contributed by atoms with Crippen LogP contribution in [-0.4, -0.2) is 54.8 Å². The lowest BCUT2D eigenvalue weighted by molar-refractivity contribution is -0.242. The van der Waals surface area contributed by atoms with Crippen LogP contribution < -0.4 is 10.5 Å². The number of anilines is 1. The summed E-state index contributed by atoms with van der Waals surface area (Å²) in [5.41, 5.74) is 1.56. The molecule has 1 amide bonds. The van der Waals surface area contributed by atoms with Crippen LogP contribution in [0, 0.1) is 0 Å². The molecule has 5 rings (SSSR count). The number of nitrogens with two attached hydrogens (primary N) is 1. The minimum absolute atomic E-state index is 0.0762. The molecule has 1 aliphatic rings. The van der Waals surface area contributed by atoms with Crippen molar-refractivity contribution in [2.24, 2.45) is 5.14 Å². The molecule has 2 heterocycles. The zero-order chi connectivity index (χ0) is 29.4. The number of rotatable bonds is 6. The van der Waals surface area contributed by atoms with E-state index in [0.29, 0.717) is 33.4 Å². The monoisotopic (exact) mass is 587 g/mol. The summed E-state index contributed by atoms with van der Waals surface area (Å²) < 4.78 is 61.7. The second-order valence-electron chi connectivity index (χ2n) is 9.61. The van der Waals surface area contributed by atoms with Crippen LogP contribution >= 0.6 is 0 Å². The number of hydrogen-bond acceptors (Lipinski definition) is 7. The fourth-order valence-corrected chi connectivity index (χ4v) is 5.47. The molecule has 0 aliphatic carbocycles. The van der Waals surface area contributed by atoms with E-state index >= 15 is 0 Å². The molecular formula is C27H24F3N5O5S. The highest BCUT2D eigenvalue weighted by Crippen LogP contribution is 2.38. The largest absolute Gasteiger partial charge is 0.492 e. The number of carbonyl (C=O) groups is 2. The van der Waals surface area contributed by atoms with Gasteiger partial charge in [-0.1, -0.05) is 42.5 Å². The third-order valence-corrected chi connectivity index (χ3v) is 7.95. The molecule has 10 nitrogen and oxygen atoms in total. The Morgan fingerprint density at radius 3 is 2.37 bits per heavy atom. The number of nitrogens with one attached hydrogen (secondary N) is 2. The van der Waals surface area contributed by atoms with E-state index in [0.717, 1.165) is 5.06 Å². The molecule has 1 aromatic heterocycles. The normalized spacial score (nSPS) is 15.9. The van der Waals surface area contributed by atoms with Gasteiger partial charge >= 0.3 is 12.1 Å². The summed E-state index contributed by atoms with van der Waals surface area (Å²) in [4.78, 5) is 29.6. The molecule has 4 N–H and O–H groups in total. The Bertz CT molecular complexity index is 1720. The van der Waals surface area contributed by atoms with Crippen molar-refractivity contribution >= 4 is 38.5 Å². The molecule has 1 saturated heterocycles. The number of nitrogens with zero attached hydrogens (tertiary/aromatic N) is 2. The fraction of sp³-hybridized carbons (Fsp3) is 0.222. The third-order valence-electron chi connectivity index (χ3n) is 7.04. The van der Waals surface area contributed by atoms with Crippen LogP contribution in [0.3, 0.4) is 0 Å². The standard InChI is InChI=1S/C27H24F3N5O5S/c28-27(29,30)25(37)40-35-13-11-26(12-14-35,18-6-2-1-3-7-18)24(36)32-19-9-10-22-21(16-19)23(34-33-22)17-5-4-8-20(15-17)41(31,38)39/h1-10,15-16H,11-14H2,(H,32,36)(H,33,34)(H2,31,38,39). The number of benzene rings is 3. The number of aromatic nitrogens is 2. The third kappa shape index (κ3) is 5.80. The molecule has 214 valence electrons. The number of hydrogen-bond donors (Lipinski definition) is 3. The molecule has 0 radical (unpaired) electrons. The van der Waals surface area contributed by atoms with E-state index in [-0.39, 0.29) is 36.7 Å². The highest BCUT2D eigenvalue weighted by atomic mass is 32.2. The van der Waals surface area contributed by atoms with Gasteiger partial charge < -0.3 is 10.2 Å². The van der Waals surface area contributed by atoms with Gasteiger partial charge in [0.1, 0.15) is 5.69 Å². The van der Waals surface area contributed by atoms with Crippen LogP contribution in [0.1, 0.15) is 18.4 Å². The van der Waals surface area contributed by atoms with Crippen molar-refractivity contribution in [1.29, 1.82) is 0 Å². The van der Waals surface area contributed by atoms with Crippen molar-refractivity contribution in [2.45, 2.75) is 29.3 Å². The zero-order valence-corrected chi connectivity index (χ0v) is 22.1. The molecule has 0 spiro atoms. The van der Waals surface area contributed by atoms with Gasteiger partial charge in [0.05, 0.1) is 15.8 Å². The molecule has 1 fully saturated rings. The summed E-state index contributed by atoms with van der Waals surface area (Å²) in [5, 5.41) is 16.9. The number of sulfonamides is 1. The first-order valence-electron chi connectivity index (χ1n) is 12.4. The fourth-order valence-electron chi connectivity index (χ4n) is 4.92. The lowest BCUT2D eigenvalue weighted by atomic mass is 9.72. The van der Waals surface area contributed by atoms with Crippen LogP contribution in [0.15, 0.2) is 77.7 Å². The lowest BCUT2D eigenvalue weighted by Gasteiger charge is -2.40. The molecular weight excluding hydrogens is 563 g/mol. The van der Waals surface area contributed by atoms with E-state index in [1.807, 2.05) is 0 Å².